The third-order valence-corrected chi connectivity index (χ3v) is 4.43. The van der Waals surface area contributed by atoms with E-state index in [0.29, 0.717) is 22.6 Å². The molecule has 6 nitrogen and oxygen atoms in total. The molecule has 1 heterocycles. The van der Waals surface area contributed by atoms with Crippen LogP contribution in [0, 0.1) is 0 Å². The molecule has 26 heavy (non-hydrogen) atoms. The van der Waals surface area contributed by atoms with E-state index in [9.17, 15) is 9.59 Å². The molecule has 136 valence electrons. The molecule has 1 amide bonds. The predicted molar refractivity (Wildman–Crippen MR) is 96.4 cm³/mol. The van der Waals surface area contributed by atoms with E-state index in [1.165, 1.54) is 7.11 Å². The number of benzene rings is 2. The molecule has 2 unspecified atom stereocenters. The lowest BCUT2D eigenvalue weighted by Crippen LogP contribution is -2.60. The van der Waals surface area contributed by atoms with Gasteiger partial charge < -0.3 is 14.2 Å². The topological polar surface area (TPSA) is 65.1 Å². The monoisotopic (exact) mass is 355 g/mol. The molecule has 6 heteroatoms. The Morgan fingerprint density at radius 1 is 1.08 bits per heavy atom. The molecule has 0 spiro atoms. The largest absolute Gasteiger partial charge is 0.497 e. The van der Waals surface area contributed by atoms with Crippen LogP contribution in [0.15, 0.2) is 48.5 Å². The Balaban J connectivity index is 2.00. The molecule has 0 N–H and O–H groups in total. The standard InChI is InChI=1S/C20H21NO5/c1-4-26-20(23)16-8-6-5-7-15(16)17-18(25-3)19(22)21(17)13-9-11-14(24-2)12-10-13/h5-12,17-18H,4H2,1-3H3. The van der Waals surface area contributed by atoms with E-state index in [-0.39, 0.29) is 12.5 Å². The van der Waals surface area contributed by atoms with Crippen molar-refractivity contribution in [2.75, 3.05) is 25.7 Å². The highest BCUT2D eigenvalue weighted by Crippen LogP contribution is 2.42. The minimum absolute atomic E-state index is 0.152. The average Bonchev–Trinajstić information content (AvgIpc) is 2.67. The number of methoxy groups -OCH3 is 2. The summed E-state index contributed by atoms with van der Waals surface area (Å²) in [6.45, 7) is 2.04. The molecule has 2 aromatic rings. The second-order valence-corrected chi connectivity index (χ2v) is 5.82. The molecule has 0 bridgehead atoms. The van der Waals surface area contributed by atoms with Crippen LogP contribution in [-0.2, 0) is 14.3 Å². The van der Waals surface area contributed by atoms with Crippen molar-refractivity contribution in [2.45, 2.75) is 19.1 Å². The summed E-state index contributed by atoms with van der Waals surface area (Å²) >= 11 is 0. The zero-order valence-corrected chi connectivity index (χ0v) is 15.0. The number of carbonyl (C=O) groups excluding carboxylic acids is 2. The van der Waals surface area contributed by atoms with Gasteiger partial charge in [-0.1, -0.05) is 18.2 Å². The quantitative estimate of drug-likeness (QED) is 0.589. The predicted octanol–water partition coefficient (Wildman–Crippen LogP) is 2.97. The first-order valence-corrected chi connectivity index (χ1v) is 8.38. The Hall–Kier alpha value is -2.86. The van der Waals surface area contributed by atoms with Crippen molar-refractivity contribution in [2.24, 2.45) is 0 Å². The smallest absolute Gasteiger partial charge is 0.338 e. The number of β-lactam (4-membered cyclic amide) rings is 1. The zero-order chi connectivity index (χ0) is 18.7. The van der Waals surface area contributed by atoms with Crippen molar-refractivity contribution < 1.29 is 23.8 Å². The van der Waals surface area contributed by atoms with E-state index in [4.69, 9.17) is 14.2 Å². The van der Waals surface area contributed by atoms with E-state index in [1.807, 2.05) is 24.3 Å². The summed E-state index contributed by atoms with van der Waals surface area (Å²) in [6, 6.07) is 13.9. The fourth-order valence-corrected chi connectivity index (χ4v) is 3.17. The first-order chi connectivity index (χ1) is 12.6. The highest BCUT2D eigenvalue weighted by atomic mass is 16.5. The van der Waals surface area contributed by atoms with Gasteiger partial charge in [-0.05, 0) is 42.8 Å². The van der Waals surface area contributed by atoms with E-state index >= 15 is 0 Å². The van der Waals surface area contributed by atoms with Gasteiger partial charge in [0.1, 0.15) is 5.75 Å². The first kappa shape index (κ1) is 17.9. The summed E-state index contributed by atoms with van der Waals surface area (Å²) in [5, 5.41) is 0. The van der Waals surface area contributed by atoms with Crippen LogP contribution >= 0.6 is 0 Å². The molecular formula is C20H21NO5. The number of hydrogen-bond acceptors (Lipinski definition) is 5. The lowest BCUT2D eigenvalue weighted by molar-refractivity contribution is -0.139. The maximum atomic E-state index is 12.6. The molecule has 3 rings (SSSR count). The lowest BCUT2D eigenvalue weighted by atomic mass is 9.87. The third kappa shape index (κ3) is 3.04. The van der Waals surface area contributed by atoms with Gasteiger partial charge in [0.15, 0.2) is 6.10 Å². The molecule has 0 aromatic heterocycles. The number of rotatable bonds is 6. The Bertz CT molecular complexity index is 802. The number of esters is 1. The van der Waals surface area contributed by atoms with Crippen LogP contribution in [0.3, 0.4) is 0 Å². The van der Waals surface area contributed by atoms with Crippen LogP contribution in [0.5, 0.6) is 5.75 Å². The second kappa shape index (κ2) is 7.58. The lowest BCUT2D eigenvalue weighted by Gasteiger charge is -2.46. The molecule has 1 aliphatic rings. The summed E-state index contributed by atoms with van der Waals surface area (Å²) in [5.41, 5.74) is 1.85. The van der Waals surface area contributed by atoms with Gasteiger partial charge >= 0.3 is 5.97 Å². The van der Waals surface area contributed by atoms with Crippen LogP contribution in [0.4, 0.5) is 5.69 Å². The number of carbonyl (C=O) groups is 2. The normalized spacial score (nSPS) is 19.0. The van der Waals surface area contributed by atoms with Gasteiger partial charge in [-0.25, -0.2) is 4.79 Å². The van der Waals surface area contributed by atoms with Gasteiger partial charge in [-0.2, -0.15) is 0 Å². The average molecular weight is 355 g/mol. The Labute approximate surface area is 152 Å². The second-order valence-electron chi connectivity index (χ2n) is 5.82. The van der Waals surface area contributed by atoms with Crippen LogP contribution in [0.1, 0.15) is 28.9 Å². The molecule has 1 aliphatic heterocycles. The van der Waals surface area contributed by atoms with Crippen LogP contribution in [0.2, 0.25) is 0 Å². The maximum absolute atomic E-state index is 12.6. The van der Waals surface area contributed by atoms with Crippen LogP contribution < -0.4 is 9.64 Å². The zero-order valence-electron chi connectivity index (χ0n) is 15.0. The molecule has 2 aromatic carbocycles. The van der Waals surface area contributed by atoms with Crippen molar-refractivity contribution in [3.63, 3.8) is 0 Å². The summed E-state index contributed by atoms with van der Waals surface area (Å²) in [4.78, 5) is 26.6. The molecule has 0 aliphatic carbocycles. The summed E-state index contributed by atoms with van der Waals surface area (Å²) in [5.74, 6) is 0.141. The third-order valence-electron chi connectivity index (χ3n) is 4.43. The fourth-order valence-electron chi connectivity index (χ4n) is 3.17. The van der Waals surface area contributed by atoms with E-state index < -0.39 is 18.1 Å². The number of ether oxygens (including phenoxy) is 3. The molecule has 1 saturated heterocycles. The van der Waals surface area contributed by atoms with E-state index in [0.717, 1.165) is 0 Å². The van der Waals surface area contributed by atoms with Crippen molar-refractivity contribution in [3.05, 3.63) is 59.7 Å². The van der Waals surface area contributed by atoms with E-state index in [1.54, 1.807) is 43.2 Å². The molecule has 0 saturated carbocycles. The van der Waals surface area contributed by atoms with Gasteiger partial charge in [-0.3, -0.25) is 9.69 Å². The summed E-state index contributed by atoms with van der Waals surface area (Å²) in [7, 11) is 3.08. The SMILES string of the molecule is CCOC(=O)c1ccccc1C1C(OC)C(=O)N1c1ccc(OC)cc1. The molecule has 0 radical (unpaired) electrons. The van der Waals surface area contributed by atoms with Crippen molar-refractivity contribution in [3.8, 4) is 5.75 Å². The number of hydrogen-bond donors (Lipinski definition) is 0. The van der Waals surface area contributed by atoms with E-state index in [2.05, 4.69) is 0 Å². The minimum Gasteiger partial charge on any atom is -0.497 e. The number of nitrogens with zero attached hydrogens (tertiary/aromatic N) is 1. The molecule has 1 fully saturated rings. The number of amides is 1. The van der Waals surface area contributed by atoms with Crippen LogP contribution in [-0.4, -0.2) is 38.8 Å². The first-order valence-electron chi connectivity index (χ1n) is 8.38. The van der Waals surface area contributed by atoms with Gasteiger partial charge in [0.2, 0.25) is 0 Å². The molecular weight excluding hydrogens is 334 g/mol. The highest BCUT2D eigenvalue weighted by molar-refractivity contribution is 6.06. The Morgan fingerprint density at radius 3 is 2.38 bits per heavy atom. The van der Waals surface area contributed by atoms with Gasteiger partial charge in [0.05, 0.1) is 25.3 Å². The van der Waals surface area contributed by atoms with Gasteiger partial charge in [0, 0.05) is 12.8 Å². The highest BCUT2D eigenvalue weighted by Gasteiger charge is 2.50. The summed E-state index contributed by atoms with van der Waals surface area (Å²) < 4.78 is 15.7. The van der Waals surface area contributed by atoms with Crippen LogP contribution in [0.25, 0.3) is 0 Å². The maximum Gasteiger partial charge on any atom is 0.338 e. The Morgan fingerprint density at radius 2 is 1.77 bits per heavy atom. The summed E-state index contributed by atoms with van der Waals surface area (Å²) in [6.07, 6.45) is -0.646. The van der Waals surface area contributed by atoms with Gasteiger partial charge in [0.25, 0.3) is 5.91 Å². The number of anilines is 1. The van der Waals surface area contributed by atoms with Gasteiger partial charge in [-0.15, -0.1) is 0 Å². The Kier molecular flexibility index (Phi) is 5.23. The van der Waals surface area contributed by atoms with Crippen molar-refractivity contribution in [1.82, 2.24) is 0 Å². The fraction of sp³-hybridized carbons (Fsp3) is 0.300. The minimum atomic E-state index is -0.646. The van der Waals surface area contributed by atoms with Crippen molar-refractivity contribution >= 4 is 17.6 Å². The molecule has 2 atom stereocenters. The van der Waals surface area contributed by atoms with Crippen molar-refractivity contribution in [1.29, 1.82) is 0 Å².